The molecule has 1 rings (SSSR count). The fourth-order valence-electron chi connectivity index (χ4n) is 4.41. The molecule has 0 aliphatic heterocycles. The van der Waals surface area contributed by atoms with E-state index in [-0.39, 0.29) is 10.9 Å². The van der Waals surface area contributed by atoms with Gasteiger partial charge in [0.05, 0.1) is 25.5 Å². The number of hydrogen-bond donors (Lipinski definition) is 0. The monoisotopic (exact) mass is 581 g/mol. The van der Waals surface area contributed by atoms with Gasteiger partial charge in [0.2, 0.25) is 0 Å². The van der Waals surface area contributed by atoms with Crippen LogP contribution in [-0.4, -0.2) is 57.2 Å². The molecule has 232 valence electrons. The molecule has 0 bridgehead atoms. The first-order valence-corrected chi connectivity index (χ1v) is 17.0. The Morgan fingerprint density at radius 3 is 1.55 bits per heavy atom. The van der Waals surface area contributed by atoms with Gasteiger partial charge in [0.25, 0.3) is 0 Å². The van der Waals surface area contributed by atoms with E-state index >= 15 is 0 Å². The molecule has 1 aromatic carbocycles. The van der Waals surface area contributed by atoms with E-state index in [4.69, 9.17) is 4.74 Å². The number of rotatable bonds is 22. The van der Waals surface area contributed by atoms with Crippen LogP contribution in [0.2, 0.25) is 0 Å². The Morgan fingerprint density at radius 1 is 0.775 bits per heavy atom. The smallest absolute Gasteiger partial charge is 0.333 e. The molecule has 1 aromatic rings. The molecule has 0 fully saturated rings. The van der Waals surface area contributed by atoms with Crippen LogP contribution in [-0.2, 0) is 19.6 Å². The SMILES string of the molecule is C=C(C)C(=O)OCC[N+](C)(C)CCCCCCCCCCCCCCCCCC.Cc1ccc(S(=O)(=O)[O-])cc1. The van der Waals surface area contributed by atoms with Crippen LogP contribution in [0, 0.1) is 6.92 Å². The Morgan fingerprint density at radius 2 is 1.18 bits per heavy atom. The summed E-state index contributed by atoms with van der Waals surface area (Å²) in [5.74, 6) is -0.271. The minimum atomic E-state index is -4.27. The zero-order valence-electron chi connectivity index (χ0n) is 26.3. The van der Waals surface area contributed by atoms with Gasteiger partial charge in [0.1, 0.15) is 23.3 Å². The molecule has 0 spiro atoms. The Bertz CT molecular complexity index is 894. The van der Waals surface area contributed by atoms with Gasteiger partial charge >= 0.3 is 5.97 Å². The van der Waals surface area contributed by atoms with E-state index in [1.165, 1.54) is 115 Å². The summed E-state index contributed by atoms with van der Waals surface area (Å²) in [5, 5.41) is 0. The Kier molecular flexibility index (Phi) is 22.0. The number of ether oxygens (including phenoxy) is 1. The average Bonchev–Trinajstić information content (AvgIpc) is 2.88. The van der Waals surface area contributed by atoms with Gasteiger partial charge in [0.15, 0.2) is 0 Å². The van der Waals surface area contributed by atoms with Crippen LogP contribution in [0.1, 0.15) is 122 Å². The van der Waals surface area contributed by atoms with Crippen molar-refractivity contribution in [2.45, 2.75) is 128 Å². The summed E-state index contributed by atoms with van der Waals surface area (Å²) >= 11 is 0. The first-order chi connectivity index (χ1) is 18.9. The van der Waals surface area contributed by atoms with E-state index in [1.54, 1.807) is 19.1 Å². The molecule has 7 heteroatoms. The fourth-order valence-corrected chi connectivity index (χ4v) is 4.88. The number of hydrogen-bond acceptors (Lipinski definition) is 5. The first-order valence-electron chi connectivity index (χ1n) is 15.6. The first kappa shape index (κ1) is 38.3. The van der Waals surface area contributed by atoms with E-state index in [0.29, 0.717) is 12.2 Å². The summed E-state index contributed by atoms with van der Waals surface area (Å²) < 4.78 is 37.3. The summed E-state index contributed by atoms with van der Waals surface area (Å²) in [7, 11) is 0.174. The largest absolute Gasteiger partial charge is 0.744 e. The Hall–Kier alpha value is -1.70. The molecule has 6 nitrogen and oxygen atoms in total. The van der Waals surface area contributed by atoms with Crippen LogP contribution in [0.15, 0.2) is 41.3 Å². The summed E-state index contributed by atoms with van der Waals surface area (Å²) in [6, 6.07) is 5.78. The van der Waals surface area contributed by atoms with Crippen molar-refractivity contribution in [1.82, 2.24) is 0 Å². The predicted octanol–water partition coefficient (Wildman–Crippen LogP) is 8.34. The maximum atomic E-state index is 11.4. The third kappa shape index (κ3) is 23.0. The van der Waals surface area contributed by atoms with E-state index in [1.807, 2.05) is 6.92 Å². The quantitative estimate of drug-likeness (QED) is 0.0452. The number of carbonyl (C=O) groups is 1. The fraction of sp³-hybridized carbons (Fsp3) is 0.727. The molecule has 0 saturated carbocycles. The molecule has 0 N–H and O–H groups in total. The number of quaternary nitrogens is 1. The van der Waals surface area contributed by atoms with Gasteiger partial charge in [-0.25, -0.2) is 13.2 Å². The van der Waals surface area contributed by atoms with Gasteiger partial charge in [-0.05, 0) is 38.8 Å². The molecule has 0 aliphatic carbocycles. The summed E-state index contributed by atoms with van der Waals surface area (Å²) in [5.41, 5.74) is 1.41. The number of likely N-dealkylation sites (N-methyl/N-ethyl adjacent to an activating group) is 1. The van der Waals surface area contributed by atoms with E-state index in [9.17, 15) is 17.8 Å². The lowest BCUT2D eigenvalue weighted by Crippen LogP contribution is -2.43. The lowest BCUT2D eigenvalue weighted by molar-refractivity contribution is -0.890. The third-order valence-electron chi connectivity index (χ3n) is 7.20. The summed E-state index contributed by atoms with van der Waals surface area (Å²) in [4.78, 5) is 11.2. The highest BCUT2D eigenvalue weighted by molar-refractivity contribution is 7.85. The van der Waals surface area contributed by atoms with Gasteiger partial charge in [-0.3, -0.25) is 0 Å². The van der Waals surface area contributed by atoms with Crippen molar-refractivity contribution in [3.05, 3.63) is 42.0 Å². The molecular formula is C33H59NO5S. The number of benzene rings is 1. The Labute approximate surface area is 246 Å². The van der Waals surface area contributed by atoms with Crippen molar-refractivity contribution in [2.75, 3.05) is 33.8 Å². The molecular weight excluding hydrogens is 522 g/mol. The number of aryl methyl sites for hydroxylation is 1. The van der Waals surface area contributed by atoms with E-state index in [2.05, 4.69) is 27.6 Å². The lowest BCUT2D eigenvalue weighted by Gasteiger charge is -2.29. The minimum Gasteiger partial charge on any atom is -0.744 e. The molecule has 40 heavy (non-hydrogen) atoms. The molecule has 0 heterocycles. The van der Waals surface area contributed by atoms with Gasteiger partial charge in [-0.1, -0.05) is 121 Å². The standard InChI is InChI=1S/C26H52NO2.C7H8O3S/c1-6-7-8-9-10-11-12-13-14-15-16-17-18-19-20-21-22-27(4,5)23-24-29-26(28)25(2)3;1-6-2-4-7(5-3-6)11(8,9)10/h2,6-24H2,1,3-5H3;2-5H,1H3,(H,8,9,10)/q+1;/p-1. The number of unbranched alkanes of at least 4 members (excludes halogenated alkanes) is 15. The molecule has 0 unspecified atom stereocenters. The van der Waals surface area contributed by atoms with Crippen LogP contribution in [0.5, 0.6) is 0 Å². The van der Waals surface area contributed by atoms with Crippen LogP contribution >= 0.6 is 0 Å². The maximum absolute atomic E-state index is 11.4. The molecule has 0 aliphatic rings. The van der Waals surface area contributed by atoms with Gasteiger partial charge in [0, 0.05) is 5.57 Å². The normalized spacial score (nSPS) is 11.6. The summed E-state index contributed by atoms with van der Waals surface area (Å²) in [6.45, 7) is 11.9. The average molecular weight is 582 g/mol. The molecule has 0 radical (unpaired) electrons. The van der Waals surface area contributed by atoms with Crippen molar-refractivity contribution in [2.24, 2.45) is 0 Å². The van der Waals surface area contributed by atoms with Gasteiger partial charge in [-0.15, -0.1) is 0 Å². The summed E-state index contributed by atoms with van der Waals surface area (Å²) in [6.07, 6.45) is 22.5. The number of carbonyl (C=O) groups excluding carboxylic acids is 1. The highest BCUT2D eigenvalue weighted by atomic mass is 32.2. The number of nitrogens with zero attached hydrogens (tertiary/aromatic N) is 1. The van der Waals surface area contributed by atoms with Crippen LogP contribution in [0.4, 0.5) is 0 Å². The maximum Gasteiger partial charge on any atom is 0.333 e. The van der Waals surface area contributed by atoms with Crippen molar-refractivity contribution in [3.63, 3.8) is 0 Å². The second kappa shape index (κ2) is 22.9. The Balaban J connectivity index is 0.00000114. The van der Waals surface area contributed by atoms with E-state index in [0.717, 1.165) is 23.1 Å². The van der Waals surface area contributed by atoms with Crippen molar-refractivity contribution in [1.29, 1.82) is 0 Å². The molecule has 0 atom stereocenters. The van der Waals surface area contributed by atoms with Crippen molar-refractivity contribution in [3.8, 4) is 0 Å². The lowest BCUT2D eigenvalue weighted by atomic mass is 10.0. The van der Waals surface area contributed by atoms with E-state index < -0.39 is 10.1 Å². The predicted molar refractivity (Wildman–Crippen MR) is 166 cm³/mol. The second-order valence-electron chi connectivity index (χ2n) is 11.9. The molecule has 0 amide bonds. The van der Waals surface area contributed by atoms with Crippen LogP contribution in [0.25, 0.3) is 0 Å². The highest BCUT2D eigenvalue weighted by Crippen LogP contribution is 2.14. The van der Waals surface area contributed by atoms with Crippen molar-refractivity contribution >= 4 is 16.1 Å². The number of esters is 1. The topological polar surface area (TPSA) is 83.5 Å². The third-order valence-corrected chi connectivity index (χ3v) is 8.05. The van der Waals surface area contributed by atoms with Crippen LogP contribution < -0.4 is 0 Å². The minimum absolute atomic E-state index is 0.178. The molecule has 0 saturated heterocycles. The highest BCUT2D eigenvalue weighted by Gasteiger charge is 2.15. The van der Waals surface area contributed by atoms with Gasteiger partial charge in [-0.2, -0.15) is 0 Å². The zero-order chi connectivity index (χ0) is 30.3. The van der Waals surface area contributed by atoms with Crippen molar-refractivity contribution < 1.29 is 27.0 Å². The van der Waals surface area contributed by atoms with Gasteiger partial charge < -0.3 is 13.8 Å². The second-order valence-corrected chi connectivity index (χ2v) is 13.2. The zero-order valence-corrected chi connectivity index (χ0v) is 27.2. The van der Waals surface area contributed by atoms with Crippen LogP contribution in [0.3, 0.4) is 0 Å². The molecule has 0 aromatic heterocycles.